The first-order valence-electron chi connectivity index (χ1n) is 24.6. The van der Waals surface area contributed by atoms with Gasteiger partial charge < -0.3 is 9.13 Å². The Bertz CT molecular complexity index is 3670. The molecule has 0 fully saturated rings. The van der Waals surface area contributed by atoms with Crippen molar-refractivity contribution >= 4 is 66.7 Å². The van der Waals surface area contributed by atoms with Gasteiger partial charge in [-0.25, -0.2) is 0 Å². The highest BCUT2D eigenvalue weighted by Crippen LogP contribution is 2.63. The smallest absolute Gasteiger partial charge is 0.252 e. The van der Waals surface area contributed by atoms with Crippen molar-refractivity contribution in [1.29, 1.82) is 0 Å². The summed E-state index contributed by atoms with van der Waals surface area (Å²) in [6, 6.07) is 44.6. The molecule has 2 nitrogen and oxygen atoms in total. The molecule has 9 aromatic rings. The molecule has 0 radical (unpaired) electrons. The van der Waals surface area contributed by atoms with Crippen LogP contribution in [0.5, 0.6) is 0 Å². The van der Waals surface area contributed by atoms with Crippen LogP contribution in [0.4, 0.5) is 0 Å². The number of fused-ring (bicyclic) bond motifs is 14. The van der Waals surface area contributed by atoms with Crippen LogP contribution in [-0.2, 0) is 32.5 Å². The van der Waals surface area contributed by atoms with Crippen molar-refractivity contribution in [2.45, 2.75) is 136 Å². The topological polar surface area (TPSA) is 9.86 Å². The van der Waals surface area contributed by atoms with Crippen LogP contribution in [-0.4, -0.2) is 15.8 Å². The van der Waals surface area contributed by atoms with Gasteiger partial charge in [0, 0.05) is 44.0 Å². The van der Waals surface area contributed by atoms with Crippen LogP contribution in [0.2, 0.25) is 0 Å². The molecule has 7 aromatic carbocycles. The summed E-state index contributed by atoms with van der Waals surface area (Å²) >= 11 is 0. The molecule has 0 N–H and O–H groups in total. The lowest BCUT2D eigenvalue weighted by Crippen LogP contribution is -2.61. The van der Waals surface area contributed by atoms with E-state index in [-0.39, 0.29) is 33.8 Å². The molecule has 0 atom stereocenters. The summed E-state index contributed by atoms with van der Waals surface area (Å²) < 4.78 is 5.56. The summed E-state index contributed by atoms with van der Waals surface area (Å²) in [6.45, 7) is 36.1. The predicted octanol–water partition coefficient (Wildman–Crippen LogP) is 14.2. The number of hydrogen-bond donors (Lipinski definition) is 0. The summed E-state index contributed by atoms with van der Waals surface area (Å²) in [4.78, 5) is 0. The maximum absolute atomic E-state index is 2.80. The minimum atomic E-state index is -0.542. The van der Waals surface area contributed by atoms with Crippen molar-refractivity contribution < 1.29 is 0 Å². The van der Waals surface area contributed by atoms with Gasteiger partial charge in [0.1, 0.15) is 0 Å². The maximum atomic E-state index is 2.80. The molecule has 0 unspecified atom stereocenters. The Morgan fingerprint density at radius 2 is 0.848 bits per heavy atom. The minimum Gasteiger partial charge on any atom is -0.310 e. The van der Waals surface area contributed by atoms with E-state index in [4.69, 9.17) is 0 Å². The number of rotatable bonds is 0. The third-order valence-corrected chi connectivity index (χ3v) is 16.6. The lowest BCUT2D eigenvalue weighted by atomic mass is 9.33. The average molecular weight is 859 g/mol. The van der Waals surface area contributed by atoms with Gasteiger partial charge in [0.25, 0.3) is 6.71 Å². The van der Waals surface area contributed by atoms with Crippen molar-refractivity contribution in [3.63, 3.8) is 0 Å². The molecule has 3 aliphatic heterocycles. The van der Waals surface area contributed by atoms with Crippen molar-refractivity contribution in [1.82, 2.24) is 9.13 Å². The second-order valence-electron chi connectivity index (χ2n) is 25.9. The van der Waals surface area contributed by atoms with Crippen LogP contribution < -0.4 is 16.4 Å². The first-order valence-corrected chi connectivity index (χ1v) is 24.6. The van der Waals surface area contributed by atoms with Crippen LogP contribution in [0.1, 0.15) is 154 Å². The Labute approximate surface area is 392 Å². The standard InChI is InChI=1S/C63H63BN2/c1-58(2,3)34-24-25-51-40(26-34)41-28-36(60(7,8)9)31-49-54(41)65(51)56-46(62(13,14)15)33-48-57-52(56)64(49)50-32-37(61(10,11)12)29-43-42-27-35(59(4,5)6)30-47(53(42)66(57)55(43)50)63(48)44-22-18-16-20-38(44)39-21-17-19-23-45(39)63/h16-33H,1-15H3. The second-order valence-corrected chi connectivity index (χ2v) is 25.9. The van der Waals surface area contributed by atoms with E-state index in [9.17, 15) is 0 Å². The predicted molar refractivity (Wildman–Crippen MR) is 284 cm³/mol. The van der Waals surface area contributed by atoms with E-state index in [0.29, 0.717) is 0 Å². The van der Waals surface area contributed by atoms with E-state index in [1.165, 1.54) is 133 Å². The molecule has 13 rings (SSSR count). The summed E-state index contributed by atoms with van der Waals surface area (Å²) in [5.74, 6) is 0. The lowest BCUT2D eigenvalue weighted by Gasteiger charge is -2.46. The molecule has 5 heterocycles. The monoisotopic (exact) mass is 859 g/mol. The highest BCUT2D eigenvalue weighted by molar-refractivity contribution is 7.00. The first-order chi connectivity index (χ1) is 30.9. The molecular weight excluding hydrogens is 796 g/mol. The van der Waals surface area contributed by atoms with Crippen molar-refractivity contribution in [2.24, 2.45) is 0 Å². The van der Waals surface area contributed by atoms with Gasteiger partial charge in [-0.1, -0.05) is 177 Å². The normalized spacial score (nSPS) is 15.6. The highest BCUT2D eigenvalue weighted by atomic mass is 15.1. The molecule has 0 bridgehead atoms. The van der Waals surface area contributed by atoms with Gasteiger partial charge in [0.15, 0.2) is 0 Å². The molecule has 1 aliphatic carbocycles. The van der Waals surface area contributed by atoms with Crippen LogP contribution in [0.25, 0.3) is 66.1 Å². The minimum absolute atomic E-state index is 0.0165. The zero-order valence-corrected chi connectivity index (χ0v) is 41.9. The Hall–Kier alpha value is -5.80. The van der Waals surface area contributed by atoms with Crippen LogP contribution in [0.15, 0.2) is 109 Å². The molecule has 0 amide bonds. The van der Waals surface area contributed by atoms with Gasteiger partial charge in [-0.05, 0) is 141 Å². The zero-order valence-electron chi connectivity index (χ0n) is 41.9. The summed E-state index contributed by atoms with van der Waals surface area (Å²) in [7, 11) is 0. The Morgan fingerprint density at radius 1 is 0.379 bits per heavy atom. The van der Waals surface area contributed by atoms with E-state index in [2.05, 4.69) is 222 Å². The molecule has 0 saturated heterocycles. The van der Waals surface area contributed by atoms with E-state index < -0.39 is 5.41 Å². The number of benzene rings is 7. The van der Waals surface area contributed by atoms with Gasteiger partial charge in [-0.3, -0.25) is 0 Å². The summed E-state index contributed by atoms with van der Waals surface area (Å²) in [5.41, 5.74) is 27.0. The van der Waals surface area contributed by atoms with Crippen molar-refractivity contribution in [3.05, 3.63) is 159 Å². The molecule has 2 aromatic heterocycles. The second kappa shape index (κ2) is 12.0. The fraction of sp³-hybridized carbons (Fsp3) is 0.333. The van der Waals surface area contributed by atoms with Crippen LogP contribution in [0.3, 0.4) is 0 Å². The molecule has 328 valence electrons. The van der Waals surface area contributed by atoms with E-state index in [1.807, 2.05) is 0 Å². The average Bonchev–Trinajstić information content (AvgIpc) is 3.86. The third kappa shape index (κ3) is 4.80. The summed E-state index contributed by atoms with van der Waals surface area (Å²) in [5, 5.41) is 5.51. The molecule has 3 heteroatoms. The largest absolute Gasteiger partial charge is 0.310 e. The zero-order chi connectivity index (χ0) is 46.3. The SMILES string of the molecule is CC(C)(C)c1ccc2c(c1)c1cc(C(C)(C)C)cc3c1n2-c1c(C(C)(C)C)cc2c4c1B3c1cc(C(C)(C)C)cc3c5cc(C(C)(C)C)cc(c5n-4c13)C21c2ccccc2-c2ccccc21. The lowest BCUT2D eigenvalue weighted by molar-refractivity contribution is 0.583. The fourth-order valence-corrected chi connectivity index (χ4v) is 13.2. The van der Waals surface area contributed by atoms with Gasteiger partial charge in [-0.2, -0.15) is 0 Å². The van der Waals surface area contributed by atoms with Crippen molar-refractivity contribution in [3.8, 4) is 22.5 Å². The summed E-state index contributed by atoms with van der Waals surface area (Å²) in [6.07, 6.45) is 0. The van der Waals surface area contributed by atoms with E-state index in [0.717, 1.165) is 0 Å². The molecular formula is C63H63BN2. The third-order valence-electron chi connectivity index (χ3n) is 16.6. The number of nitrogens with zero attached hydrogens (tertiary/aromatic N) is 2. The Kier molecular flexibility index (Phi) is 7.37. The van der Waals surface area contributed by atoms with Gasteiger partial charge in [0.05, 0.1) is 16.4 Å². The van der Waals surface area contributed by atoms with Crippen LogP contribution in [0, 0.1) is 0 Å². The number of aromatic nitrogens is 2. The quantitative estimate of drug-likeness (QED) is 0.134. The maximum Gasteiger partial charge on any atom is 0.252 e. The van der Waals surface area contributed by atoms with E-state index >= 15 is 0 Å². The van der Waals surface area contributed by atoms with Gasteiger partial charge in [-0.15, -0.1) is 0 Å². The first kappa shape index (κ1) is 40.5. The molecule has 1 spiro atoms. The van der Waals surface area contributed by atoms with Crippen molar-refractivity contribution in [2.75, 3.05) is 0 Å². The Morgan fingerprint density at radius 3 is 1.38 bits per heavy atom. The fourth-order valence-electron chi connectivity index (χ4n) is 13.2. The molecule has 0 saturated carbocycles. The Balaban J connectivity index is 1.36. The van der Waals surface area contributed by atoms with Gasteiger partial charge in [0.2, 0.25) is 0 Å². The molecule has 66 heavy (non-hydrogen) atoms. The van der Waals surface area contributed by atoms with Gasteiger partial charge >= 0.3 is 0 Å². The van der Waals surface area contributed by atoms with E-state index in [1.54, 1.807) is 0 Å². The molecule has 4 aliphatic rings. The van der Waals surface area contributed by atoms with Crippen LogP contribution >= 0.6 is 0 Å². The number of hydrogen-bond acceptors (Lipinski definition) is 0. The highest BCUT2D eigenvalue weighted by Gasteiger charge is 2.55.